The highest BCUT2D eigenvalue weighted by Crippen LogP contribution is 2.19. The summed E-state index contributed by atoms with van der Waals surface area (Å²) in [6.07, 6.45) is 0. The smallest absolute Gasteiger partial charge is 0.322 e. The molecule has 1 heterocycles. The molecule has 1 aromatic rings. The lowest BCUT2D eigenvalue weighted by molar-refractivity contribution is -0.146. The second kappa shape index (κ2) is 5.66. The van der Waals surface area contributed by atoms with Crippen LogP contribution in [0.1, 0.15) is 5.56 Å². The molecule has 0 bridgehead atoms. The van der Waals surface area contributed by atoms with Gasteiger partial charge in [0.15, 0.2) is 0 Å². The molecule has 0 saturated carbocycles. The Morgan fingerprint density at radius 3 is 2.95 bits per heavy atom. The quantitative estimate of drug-likeness (QED) is 0.866. The average Bonchev–Trinajstić information content (AvgIpc) is 2.33. The van der Waals surface area contributed by atoms with Crippen LogP contribution in [0.15, 0.2) is 22.7 Å². The number of amides is 1. The van der Waals surface area contributed by atoms with Gasteiger partial charge in [-0.2, -0.15) is 0 Å². The Morgan fingerprint density at radius 2 is 2.32 bits per heavy atom. The van der Waals surface area contributed by atoms with Crippen LogP contribution in [0.4, 0.5) is 4.39 Å². The second-order valence-corrected chi connectivity index (χ2v) is 5.17. The standard InChI is InChI=1S/C12H12BrFN2O3/c13-8-3-7(1-2-9(8)14)5-16-6-11(17)15-4-10(16)12(18)19/h1-3,10H,4-6H2,(H,15,17)(H,18,19). The zero-order chi connectivity index (χ0) is 14.0. The number of nitrogens with zero attached hydrogens (tertiary/aromatic N) is 1. The van der Waals surface area contributed by atoms with E-state index >= 15 is 0 Å². The van der Waals surface area contributed by atoms with Gasteiger partial charge in [0.25, 0.3) is 0 Å². The van der Waals surface area contributed by atoms with Gasteiger partial charge in [0.2, 0.25) is 5.91 Å². The largest absolute Gasteiger partial charge is 0.480 e. The van der Waals surface area contributed by atoms with Crippen molar-refractivity contribution < 1.29 is 19.1 Å². The van der Waals surface area contributed by atoms with Crippen molar-refractivity contribution >= 4 is 27.8 Å². The molecule has 102 valence electrons. The predicted molar refractivity (Wildman–Crippen MR) is 68.9 cm³/mol. The van der Waals surface area contributed by atoms with Crippen molar-refractivity contribution in [3.8, 4) is 0 Å². The third-order valence-electron chi connectivity index (χ3n) is 2.93. The highest BCUT2D eigenvalue weighted by molar-refractivity contribution is 9.10. The van der Waals surface area contributed by atoms with Gasteiger partial charge in [-0.3, -0.25) is 14.5 Å². The van der Waals surface area contributed by atoms with Crippen molar-refractivity contribution in [3.05, 3.63) is 34.1 Å². The number of carboxylic acids is 1. The van der Waals surface area contributed by atoms with Crippen LogP contribution < -0.4 is 5.32 Å². The van der Waals surface area contributed by atoms with E-state index in [0.717, 1.165) is 5.56 Å². The van der Waals surface area contributed by atoms with Gasteiger partial charge in [-0.25, -0.2) is 4.39 Å². The molecule has 1 aliphatic rings. The van der Waals surface area contributed by atoms with Crippen LogP contribution in [0.25, 0.3) is 0 Å². The fraction of sp³-hybridized carbons (Fsp3) is 0.333. The maximum Gasteiger partial charge on any atom is 0.322 e. The molecule has 0 aliphatic carbocycles. The van der Waals surface area contributed by atoms with E-state index in [-0.39, 0.29) is 31.4 Å². The molecule has 1 atom stereocenters. The molecule has 1 fully saturated rings. The molecular weight excluding hydrogens is 319 g/mol. The first-order valence-electron chi connectivity index (χ1n) is 5.65. The van der Waals surface area contributed by atoms with Crippen LogP contribution in [0.2, 0.25) is 0 Å². The van der Waals surface area contributed by atoms with Crippen LogP contribution >= 0.6 is 15.9 Å². The van der Waals surface area contributed by atoms with Gasteiger partial charge in [0, 0.05) is 13.1 Å². The van der Waals surface area contributed by atoms with E-state index in [1.165, 1.54) is 6.07 Å². The van der Waals surface area contributed by atoms with E-state index in [9.17, 15) is 14.0 Å². The summed E-state index contributed by atoms with van der Waals surface area (Å²) in [5, 5.41) is 11.6. The minimum atomic E-state index is -0.985. The summed E-state index contributed by atoms with van der Waals surface area (Å²) in [5.74, 6) is -1.57. The lowest BCUT2D eigenvalue weighted by Crippen LogP contribution is -2.56. The first-order chi connectivity index (χ1) is 8.97. The van der Waals surface area contributed by atoms with Crippen LogP contribution in [0.3, 0.4) is 0 Å². The van der Waals surface area contributed by atoms with Crippen molar-refractivity contribution in [2.24, 2.45) is 0 Å². The molecule has 1 saturated heterocycles. The molecule has 5 nitrogen and oxygen atoms in total. The summed E-state index contributed by atoms with van der Waals surface area (Å²) in [6, 6.07) is 3.70. The third kappa shape index (κ3) is 3.30. The Labute approximate surface area is 117 Å². The van der Waals surface area contributed by atoms with Crippen LogP contribution in [-0.4, -0.2) is 41.0 Å². The fourth-order valence-electron chi connectivity index (χ4n) is 1.97. The molecular formula is C12H12BrFN2O3. The van der Waals surface area contributed by atoms with Gasteiger partial charge < -0.3 is 10.4 Å². The predicted octanol–water partition coefficient (Wildman–Crippen LogP) is 0.973. The second-order valence-electron chi connectivity index (χ2n) is 4.31. The number of hydrogen-bond donors (Lipinski definition) is 2. The molecule has 19 heavy (non-hydrogen) atoms. The van der Waals surface area contributed by atoms with Gasteiger partial charge in [0.05, 0.1) is 11.0 Å². The van der Waals surface area contributed by atoms with Gasteiger partial charge >= 0.3 is 5.97 Å². The third-order valence-corrected chi connectivity index (χ3v) is 3.54. The van der Waals surface area contributed by atoms with Crippen molar-refractivity contribution in [2.45, 2.75) is 12.6 Å². The maximum atomic E-state index is 13.1. The monoisotopic (exact) mass is 330 g/mol. The van der Waals surface area contributed by atoms with E-state index in [4.69, 9.17) is 5.11 Å². The number of piperazine rings is 1. The van der Waals surface area contributed by atoms with Gasteiger partial charge in [-0.05, 0) is 33.6 Å². The summed E-state index contributed by atoms with van der Waals surface area (Å²) >= 11 is 3.08. The number of nitrogens with one attached hydrogen (secondary N) is 1. The van der Waals surface area contributed by atoms with Crippen molar-refractivity contribution in [3.63, 3.8) is 0 Å². The Hall–Kier alpha value is -1.47. The van der Waals surface area contributed by atoms with Gasteiger partial charge in [0.1, 0.15) is 11.9 Å². The maximum absolute atomic E-state index is 13.1. The number of benzene rings is 1. The lowest BCUT2D eigenvalue weighted by Gasteiger charge is -2.32. The lowest BCUT2D eigenvalue weighted by atomic mass is 10.1. The zero-order valence-electron chi connectivity index (χ0n) is 9.90. The normalized spacial score (nSPS) is 20.1. The molecule has 2 N–H and O–H groups in total. The Bertz CT molecular complexity index is 524. The Balaban J connectivity index is 2.16. The van der Waals surface area contributed by atoms with Crippen LogP contribution in [0, 0.1) is 5.82 Å². The number of hydrogen-bond acceptors (Lipinski definition) is 3. The number of carboxylic acid groups (broad SMARTS) is 1. The van der Waals surface area contributed by atoms with E-state index in [0.29, 0.717) is 4.47 Å². The number of carbonyl (C=O) groups is 2. The molecule has 0 spiro atoms. The molecule has 1 aliphatic heterocycles. The average molecular weight is 331 g/mol. The fourth-order valence-corrected chi connectivity index (χ4v) is 2.40. The number of halogens is 2. The van der Waals surface area contributed by atoms with Crippen molar-refractivity contribution in [1.29, 1.82) is 0 Å². The molecule has 1 aromatic carbocycles. The zero-order valence-corrected chi connectivity index (χ0v) is 11.5. The molecule has 1 unspecified atom stereocenters. The first kappa shape index (κ1) is 14.0. The number of carbonyl (C=O) groups excluding carboxylic acids is 1. The van der Waals surface area contributed by atoms with E-state index < -0.39 is 12.0 Å². The SMILES string of the molecule is O=C1CN(Cc2ccc(F)c(Br)c2)C(C(=O)O)CN1. The summed E-state index contributed by atoms with van der Waals surface area (Å²) in [4.78, 5) is 24.0. The van der Waals surface area contributed by atoms with Gasteiger partial charge in [-0.15, -0.1) is 0 Å². The van der Waals surface area contributed by atoms with Crippen molar-refractivity contribution in [2.75, 3.05) is 13.1 Å². The Kier molecular flexibility index (Phi) is 4.16. The van der Waals surface area contributed by atoms with Gasteiger partial charge in [-0.1, -0.05) is 6.07 Å². The highest BCUT2D eigenvalue weighted by atomic mass is 79.9. The number of rotatable bonds is 3. The van der Waals surface area contributed by atoms with E-state index in [2.05, 4.69) is 21.2 Å². The van der Waals surface area contributed by atoms with E-state index in [1.807, 2.05) is 0 Å². The van der Waals surface area contributed by atoms with Crippen molar-refractivity contribution in [1.82, 2.24) is 10.2 Å². The summed E-state index contributed by atoms with van der Waals surface area (Å²) in [5.41, 5.74) is 0.745. The summed E-state index contributed by atoms with van der Waals surface area (Å²) < 4.78 is 13.4. The molecule has 0 aromatic heterocycles. The van der Waals surface area contributed by atoms with Crippen LogP contribution in [0.5, 0.6) is 0 Å². The summed E-state index contributed by atoms with van der Waals surface area (Å²) in [6.45, 7) is 0.381. The molecule has 7 heteroatoms. The first-order valence-corrected chi connectivity index (χ1v) is 6.44. The summed E-state index contributed by atoms with van der Waals surface area (Å²) in [7, 11) is 0. The van der Waals surface area contributed by atoms with Crippen LogP contribution in [-0.2, 0) is 16.1 Å². The minimum absolute atomic E-state index is 0.0198. The molecule has 0 radical (unpaired) electrons. The van der Waals surface area contributed by atoms with E-state index in [1.54, 1.807) is 17.0 Å². The molecule has 1 amide bonds. The Morgan fingerprint density at radius 1 is 1.58 bits per heavy atom. The molecule has 2 rings (SSSR count). The number of aliphatic carboxylic acids is 1. The highest BCUT2D eigenvalue weighted by Gasteiger charge is 2.31. The topological polar surface area (TPSA) is 69.6 Å². The minimum Gasteiger partial charge on any atom is -0.480 e.